The molecular weight excluding hydrogens is 412 g/mol. The second kappa shape index (κ2) is 11.0. The highest BCUT2D eigenvalue weighted by atomic mass is 79.9. The maximum absolute atomic E-state index is 11.6. The first kappa shape index (κ1) is 21.3. The van der Waals surface area contributed by atoms with E-state index in [-0.39, 0.29) is 5.91 Å². The molecule has 2 N–H and O–H groups in total. The molecule has 0 bridgehead atoms. The average Bonchev–Trinajstić information content (AvgIpc) is 3.08. The van der Waals surface area contributed by atoms with Crippen LogP contribution in [0.15, 0.2) is 21.6 Å². The number of hydrogen-bond donors (Lipinski definition) is 2. The quantitative estimate of drug-likeness (QED) is 0.350. The van der Waals surface area contributed by atoms with Gasteiger partial charge >= 0.3 is 0 Å². The van der Waals surface area contributed by atoms with Crippen LogP contribution in [0.4, 0.5) is 0 Å². The first-order valence-electron chi connectivity index (χ1n) is 9.29. The summed E-state index contributed by atoms with van der Waals surface area (Å²) in [5, 5.41) is 6.58. The SMILES string of the molecule is CCNC(=NCc1cc(OC)c(OC)cc1Br)NCCCN1CCCC1=O. The minimum absolute atomic E-state index is 0.272. The predicted octanol–water partition coefficient (Wildman–Crippen LogP) is 2.53. The van der Waals surface area contributed by atoms with Crippen LogP contribution in [-0.2, 0) is 11.3 Å². The maximum Gasteiger partial charge on any atom is 0.222 e. The van der Waals surface area contributed by atoms with Crippen LogP contribution in [-0.4, -0.2) is 57.2 Å². The van der Waals surface area contributed by atoms with E-state index in [4.69, 9.17) is 9.47 Å². The van der Waals surface area contributed by atoms with Crippen molar-refractivity contribution in [2.45, 2.75) is 32.7 Å². The number of methoxy groups -OCH3 is 2. The van der Waals surface area contributed by atoms with Gasteiger partial charge in [0.2, 0.25) is 5.91 Å². The summed E-state index contributed by atoms with van der Waals surface area (Å²) in [4.78, 5) is 18.2. The summed E-state index contributed by atoms with van der Waals surface area (Å²) >= 11 is 3.56. The monoisotopic (exact) mass is 440 g/mol. The highest BCUT2D eigenvalue weighted by molar-refractivity contribution is 9.10. The molecule has 1 aromatic carbocycles. The lowest BCUT2D eigenvalue weighted by atomic mass is 10.2. The molecule has 1 heterocycles. The summed E-state index contributed by atoms with van der Waals surface area (Å²) in [7, 11) is 3.24. The van der Waals surface area contributed by atoms with Gasteiger partial charge in [0, 0.05) is 37.1 Å². The molecular formula is C19H29BrN4O3. The van der Waals surface area contributed by atoms with Crippen molar-refractivity contribution in [1.29, 1.82) is 0 Å². The van der Waals surface area contributed by atoms with Gasteiger partial charge in [-0.25, -0.2) is 4.99 Å². The van der Waals surface area contributed by atoms with Crippen molar-refractivity contribution >= 4 is 27.8 Å². The van der Waals surface area contributed by atoms with E-state index in [0.29, 0.717) is 24.5 Å². The largest absolute Gasteiger partial charge is 0.493 e. The zero-order chi connectivity index (χ0) is 19.6. The minimum Gasteiger partial charge on any atom is -0.493 e. The highest BCUT2D eigenvalue weighted by Gasteiger charge is 2.18. The fraction of sp³-hybridized carbons (Fsp3) is 0.579. The van der Waals surface area contributed by atoms with Crippen molar-refractivity contribution in [1.82, 2.24) is 15.5 Å². The fourth-order valence-corrected chi connectivity index (χ4v) is 3.39. The molecule has 8 heteroatoms. The minimum atomic E-state index is 0.272. The Labute approximate surface area is 169 Å². The Hall–Kier alpha value is -1.96. The number of ether oxygens (including phenoxy) is 2. The standard InChI is InChI=1S/C19H29BrN4O3/c1-4-21-19(22-8-6-10-24-9-5-7-18(24)25)23-13-14-11-16(26-2)17(27-3)12-15(14)20/h11-12H,4-10,13H2,1-3H3,(H2,21,22,23). The van der Waals surface area contributed by atoms with Crippen LogP contribution in [0.5, 0.6) is 11.5 Å². The molecule has 0 saturated carbocycles. The number of carbonyl (C=O) groups is 1. The third-order valence-corrected chi connectivity index (χ3v) is 5.11. The van der Waals surface area contributed by atoms with Crippen molar-refractivity contribution < 1.29 is 14.3 Å². The number of nitrogens with zero attached hydrogens (tertiary/aromatic N) is 2. The number of rotatable bonds is 9. The van der Waals surface area contributed by atoms with Gasteiger partial charge in [-0.1, -0.05) is 15.9 Å². The zero-order valence-electron chi connectivity index (χ0n) is 16.3. The molecule has 1 amide bonds. The summed E-state index contributed by atoms with van der Waals surface area (Å²) in [5.74, 6) is 2.39. The predicted molar refractivity (Wildman–Crippen MR) is 110 cm³/mol. The Morgan fingerprint density at radius 3 is 2.63 bits per heavy atom. The lowest BCUT2D eigenvalue weighted by molar-refractivity contribution is -0.127. The van der Waals surface area contributed by atoms with E-state index >= 15 is 0 Å². The van der Waals surface area contributed by atoms with E-state index in [1.165, 1.54) is 0 Å². The van der Waals surface area contributed by atoms with Crippen LogP contribution in [0.3, 0.4) is 0 Å². The maximum atomic E-state index is 11.6. The Kier molecular flexibility index (Phi) is 8.71. The van der Waals surface area contributed by atoms with E-state index in [1.807, 2.05) is 24.0 Å². The number of benzene rings is 1. The molecule has 0 aliphatic carbocycles. The van der Waals surface area contributed by atoms with Gasteiger partial charge in [0.1, 0.15) is 0 Å². The average molecular weight is 441 g/mol. The molecule has 1 fully saturated rings. The molecule has 2 rings (SSSR count). The van der Waals surface area contributed by atoms with E-state index in [1.54, 1.807) is 14.2 Å². The van der Waals surface area contributed by atoms with Crippen LogP contribution in [0.25, 0.3) is 0 Å². The summed E-state index contributed by atoms with van der Waals surface area (Å²) in [6, 6.07) is 3.81. The van der Waals surface area contributed by atoms with Gasteiger partial charge in [-0.15, -0.1) is 0 Å². The van der Waals surface area contributed by atoms with Gasteiger partial charge in [0.15, 0.2) is 17.5 Å². The molecule has 0 spiro atoms. The third kappa shape index (κ3) is 6.30. The molecule has 0 radical (unpaired) electrons. The number of nitrogens with one attached hydrogen (secondary N) is 2. The molecule has 1 aromatic rings. The topological polar surface area (TPSA) is 75.2 Å². The summed E-state index contributed by atoms with van der Waals surface area (Å²) in [6.07, 6.45) is 2.57. The second-order valence-electron chi connectivity index (χ2n) is 6.26. The highest BCUT2D eigenvalue weighted by Crippen LogP contribution is 2.33. The number of likely N-dealkylation sites (tertiary alicyclic amines) is 1. The van der Waals surface area contributed by atoms with Gasteiger partial charge in [-0.2, -0.15) is 0 Å². The molecule has 1 saturated heterocycles. The van der Waals surface area contributed by atoms with Crippen LogP contribution in [0.1, 0.15) is 31.7 Å². The number of carbonyl (C=O) groups excluding carboxylic acids is 1. The molecule has 0 atom stereocenters. The van der Waals surface area contributed by atoms with Crippen LogP contribution in [0.2, 0.25) is 0 Å². The smallest absolute Gasteiger partial charge is 0.222 e. The summed E-state index contributed by atoms with van der Waals surface area (Å²) in [5.41, 5.74) is 1.01. The van der Waals surface area contributed by atoms with Gasteiger partial charge in [0.05, 0.1) is 20.8 Å². The normalized spacial score (nSPS) is 14.4. The van der Waals surface area contributed by atoms with E-state index in [9.17, 15) is 4.79 Å². The van der Waals surface area contributed by atoms with Crippen LogP contribution in [0, 0.1) is 0 Å². The van der Waals surface area contributed by atoms with Crippen molar-refractivity contribution in [2.75, 3.05) is 40.4 Å². The van der Waals surface area contributed by atoms with Crippen LogP contribution < -0.4 is 20.1 Å². The fourth-order valence-electron chi connectivity index (χ4n) is 2.94. The van der Waals surface area contributed by atoms with Crippen molar-refractivity contribution in [3.8, 4) is 11.5 Å². The summed E-state index contributed by atoms with van der Waals surface area (Å²) in [6.45, 7) is 5.77. The van der Waals surface area contributed by atoms with Crippen molar-refractivity contribution in [2.24, 2.45) is 4.99 Å². The van der Waals surface area contributed by atoms with Gasteiger partial charge in [0.25, 0.3) is 0 Å². The zero-order valence-corrected chi connectivity index (χ0v) is 17.9. The third-order valence-electron chi connectivity index (χ3n) is 4.37. The van der Waals surface area contributed by atoms with E-state index < -0.39 is 0 Å². The molecule has 7 nitrogen and oxygen atoms in total. The molecule has 0 aromatic heterocycles. The second-order valence-corrected chi connectivity index (χ2v) is 7.11. The van der Waals surface area contributed by atoms with Gasteiger partial charge < -0.3 is 25.0 Å². The number of amides is 1. The Balaban J connectivity index is 1.91. The number of aliphatic imine (C=N–C) groups is 1. The Bertz CT molecular complexity index is 667. The molecule has 1 aliphatic rings. The number of guanidine groups is 1. The number of hydrogen-bond acceptors (Lipinski definition) is 4. The molecule has 27 heavy (non-hydrogen) atoms. The molecule has 1 aliphatic heterocycles. The van der Waals surface area contributed by atoms with Crippen molar-refractivity contribution in [3.05, 3.63) is 22.2 Å². The van der Waals surface area contributed by atoms with Gasteiger partial charge in [-0.3, -0.25) is 4.79 Å². The number of halogens is 1. The van der Waals surface area contributed by atoms with Crippen molar-refractivity contribution in [3.63, 3.8) is 0 Å². The Morgan fingerprint density at radius 1 is 1.26 bits per heavy atom. The van der Waals surface area contributed by atoms with E-state index in [0.717, 1.165) is 55.0 Å². The Morgan fingerprint density at radius 2 is 2.00 bits per heavy atom. The first-order valence-corrected chi connectivity index (χ1v) is 10.1. The summed E-state index contributed by atoms with van der Waals surface area (Å²) < 4.78 is 11.6. The van der Waals surface area contributed by atoms with Crippen LogP contribution >= 0.6 is 15.9 Å². The van der Waals surface area contributed by atoms with Gasteiger partial charge in [-0.05, 0) is 37.5 Å². The molecule has 0 unspecified atom stereocenters. The van der Waals surface area contributed by atoms with E-state index in [2.05, 4.69) is 31.6 Å². The lowest BCUT2D eigenvalue weighted by Gasteiger charge is -2.16. The first-order chi connectivity index (χ1) is 13.1. The lowest BCUT2D eigenvalue weighted by Crippen LogP contribution is -2.39. The molecule has 150 valence electrons.